The van der Waals surface area contributed by atoms with E-state index >= 15 is 0 Å². The number of aliphatic hydroxyl groups excluding tert-OH is 1. The highest BCUT2D eigenvalue weighted by Gasteiger charge is 1.98. The molecule has 0 amide bonds. The molecule has 1 N–H and O–H groups in total. The molecule has 0 aliphatic carbocycles. The summed E-state index contributed by atoms with van der Waals surface area (Å²) in [5, 5.41) is 9.10. The molecule has 0 saturated carbocycles. The summed E-state index contributed by atoms with van der Waals surface area (Å²) in [5.74, 6) is 1.81. The van der Waals surface area contributed by atoms with Gasteiger partial charge in [0.05, 0.1) is 12.7 Å². The zero-order valence-electron chi connectivity index (χ0n) is 6.67. The summed E-state index contributed by atoms with van der Waals surface area (Å²) >= 11 is 1.74. The Morgan fingerprint density at radius 2 is 2.30 bits per heavy atom. The van der Waals surface area contributed by atoms with Gasteiger partial charge in [0, 0.05) is 18.6 Å². The van der Waals surface area contributed by atoms with Crippen molar-refractivity contribution in [1.29, 1.82) is 0 Å². The molecule has 0 aromatic rings. The Bertz CT molecular complexity index is 68.6. The molecule has 0 rings (SSSR count). The Morgan fingerprint density at radius 3 is 2.80 bits per heavy atom. The van der Waals surface area contributed by atoms with E-state index in [9.17, 15) is 0 Å². The fourth-order valence-electron chi connectivity index (χ4n) is 0.479. The van der Waals surface area contributed by atoms with E-state index in [1.165, 1.54) is 0 Å². The van der Waals surface area contributed by atoms with Crippen LogP contribution in [0.1, 0.15) is 13.3 Å². The van der Waals surface area contributed by atoms with Gasteiger partial charge in [-0.15, -0.1) is 0 Å². The van der Waals surface area contributed by atoms with E-state index in [0.29, 0.717) is 0 Å². The maximum absolute atomic E-state index is 9.10. The van der Waals surface area contributed by atoms with Crippen LogP contribution in [-0.4, -0.2) is 36.4 Å². The Balaban J connectivity index is 2.89. The minimum absolute atomic E-state index is 0.137. The molecule has 62 valence electrons. The van der Waals surface area contributed by atoms with E-state index in [1.54, 1.807) is 18.9 Å². The molecule has 0 aromatic carbocycles. The van der Waals surface area contributed by atoms with Crippen LogP contribution in [0.15, 0.2) is 0 Å². The molecule has 1 atom stereocenters. The lowest BCUT2D eigenvalue weighted by atomic mass is 10.3. The number of hydrogen-bond donors (Lipinski definition) is 1. The molecule has 0 heterocycles. The quantitative estimate of drug-likeness (QED) is 0.597. The van der Waals surface area contributed by atoms with E-state index in [2.05, 4.69) is 0 Å². The molecular weight excluding hydrogens is 148 g/mol. The van der Waals surface area contributed by atoms with Crippen LogP contribution in [0.4, 0.5) is 0 Å². The summed E-state index contributed by atoms with van der Waals surface area (Å²) in [6.07, 6.45) is 0.710. The second-order valence-corrected chi connectivity index (χ2v) is 3.28. The van der Waals surface area contributed by atoms with Crippen LogP contribution in [-0.2, 0) is 4.74 Å². The number of ether oxygens (including phenoxy) is 1. The molecule has 0 unspecified atom stereocenters. The monoisotopic (exact) mass is 164 g/mol. The second kappa shape index (κ2) is 7.38. The average molecular weight is 164 g/mol. The van der Waals surface area contributed by atoms with E-state index in [4.69, 9.17) is 9.84 Å². The number of rotatable bonds is 6. The van der Waals surface area contributed by atoms with Crippen LogP contribution in [0.25, 0.3) is 0 Å². The molecular formula is C7H16O2S. The number of aliphatic hydroxyl groups is 1. The van der Waals surface area contributed by atoms with Crippen molar-refractivity contribution >= 4 is 11.8 Å². The zero-order chi connectivity index (χ0) is 7.82. The lowest BCUT2D eigenvalue weighted by Crippen LogP contribution is -2.08. The predicted molar refractivity (Wildman–Crippen MR) is 45.5 cm³/mol. The first kappa shape index (κ1) is 10.3. The van der Waals surface area contributed by atoms with Gasteiger partial charge in [0.1, 0.15) is 0 Å². The van der Waals surface area contributed by atoms with Gasteiger partial charge in [-0.2, -0.15) is 11.8 Å². The third-order valence-electron chi connectivity index (χ3n) is 1.21. The SMILES string of the molecule is CC[C@@H](O)CSCCOC. The van der Waals surface area contributed by atoms with Gasteiger partial charge < -0.3 is 9.84 Å². The molecule has 0 aliphatic heterocycles. The van der Waals surface area contributed by atoms with Crippen LogP contribution >= 0.6 is 11.8 Å². The summed E-state index contributed by atoms with van der Waals surface area (Å²) in [4.78, 5) is 0. The lowest BCUT2D eigenvalue weighted by molar-refractivity contribution is 0.194. The normalized spacial score (nSPS) is 13.5. The number of hydrogen-bond acceptors (Lipinski definition) is 3. The van der Waals surface area contributed by atoms with Crippen molar-refractivity contribution in [2.75, 3.05) is 25.2 Å². The van der Waals surface area contributed by atoms with E-state index in [0.717, 1.165) is 24.5 Å². The van der Waals surface area contributed by atoms with Crippen molar-refractivity contribution in [3.8, 4) is 0 Å². The molecule has 2 nitrogen and oxygen atoms in total. The highest BCUT2D eigenvalue weighted by Crippen LogP contribution is 2.04. The first-order valence-electron chi connectivity index (χ1n) is 3.56. The second-order valence-electron chi connectivity index (χ2n) is 2.13. The van der Waals surface area contributed by atoms with Crippen molar-refractivity contribution in [3.63, 3.8) is 0 Å². The minimum atomic E-state index is -0.137. The van der Waals surface area contributed by atoms with Gasteiger partial charge in [0.2, 0.25) is 0 Å². The maximum atomic E-state index is 9.10. The van der Waals surface area contributed by atoms with Crippen LogP contribution < -0.4 is 0 Å². The lowest BCUT2D eigenvalue weighted by Gasteiger charge is -2.05. The first-order chi connectivity index (χ1) is 4.81. The molecule has 0 saturated heterocycles. The van der Waals surface area contributed by atoms with Gasteiger partial charge in [-0.25, -0.2) is 0 Å². The summed E-state index contributed by atoms with van der Waals surface area (Å²) < 4.78 is 4.85. The van der Waals surface area contributed by atoms with Crippen molar-refractivity contribution in [2.45, 2.75) is 19.4 Å². The summed E-state index contributed by atoms with van der Waals surface area (Å²) in [6, 6.07) is 0. The fraction of sp³-hybridized carbons (Fsp3) is 1.00. The van der Waals surface area contributed by atoms with Gasteiger partial charge in [0.25, 0.3) is 0 Å². The van der Waals surface area contributed by atoms with Gasteiger partial charge in [0.15, 0.2) is 0 Å². The third-order valence-corrected chi connectivity index (χ3v) is 2.29. The molecule has 0 aliphatic rings. The Kier molecular flexibility index (Phi) is 7.58. The minimum Gasteiger partial charge on any atom is -0.392 e. The van der Waals surface area contributed by atoms with Crippen LogP contribution in [0.2, 0.25) is 0 Å². The van der Waals surface area contributed by atoms with E-state index in [1.807, 2.05) is 6.92 Å². The van der Waals surface area contributed by atoms with Gasteiger partial charge in [-0.05, 0) is 6.42 Å². The smallest absolute Gasteiger partial charge is 0.0628 e. The number of thioether (sulfide) groups is 1. The van der Waals surface area contributed by atoms with Crippen LogP contribution in [0, 0.1) is 0 Å². The number of methoxy groups -OCH3 is 1. The topological polar surface area (TPSA) is 29.5 Å². The molecule has 10 heavy (non-hydrogen) atoms. The molecule has 0 spiro atoms. The predicted octanol–water partition coefficient (Wildman–Crippen LogP) is 1.14. The Hall–Kier alpha value is 0.270. The highest BCUT2D eigenvalue weighted by molar-refractivity contribution is 7.99. The average Bonchev–Trinajstić information content (AvgIpc) is 1.98. The molecule has 0 aromatic heterocycles. The van der Waals surface area contributed by atoms with Crippen LogP contribution in [0.3, 0.4) is 0 Å². The van der Waals surface area contributed by atoms with Crippen molar-refractivity contribution < 1.29 is 9.84 Å². The maximum Gasteiger partial charge on any atom is 0.0628 e. The highest BCUT2D eigenvalue weighted by atomic mass is 32.2. The van der Waals surface area contributed by atoms with E-state index < -0.39 is 0 Å². The molecule has 0 fully saturated rings. The van der Waals surface area contributed by atoms with E-state index in [-0.39, 0.29) is 6.10 Å². The van der Waals surface area contributed by atoms with Crippen molar-refractivity contribution in [1.82, 2.24) is 0 Å². The van der Waals surface area contributed by atoms with Gasteiger partial charge >= 0.3 is 0 Å². The Morgan fingerprint density at radius 1 is 1.60 bits per heavy atom. The van der Waals surface area contributed by atoms with Crippen molar-refractivity contribution in [2.24, 2.45) is 0 Å². The molecule has 0 bridgehead atoms. The van der Waals surface area contributed by atoms with Gasteiger partial charge in [-0.1, -0.05) is 6.92 Å². The summed E-state index contributed by atoms with van der Waals surface area (Å²) in [7, 11) is 1.69. The third kappa shape index (κ3) is 6.39. The first-order valence-corrected chi connectivity index (χ1v) is 4.71. The fourth-order valence-corrected chi connectivity index (χ4v) is 1.44. The Labute approximate surface area is 67.0 Å². The largest absolute Gasteiger partial charge is 0.392 e. The molecule has 0 radical (unpaired) electrons. The van der Waals surface area contributed by atoms with Gasteiger partial charge in [-0.3, -0.25) is 0 Å². The summed E-state index contributed by atoms with van der Waals surface area (Å²) in [5.41, 5.74) is 0. The molecule has 3 heteroatoms. The zero-order valence-corrected chi connectivity index (χ0v) is 7.49. The van der Waals surface area contributed by atoms with Crippen molar-refractivity contribution in [3.05, 3.63) is 0 Å². The summed E-state index contributed by atoms with van der Waals surface area (Å²) in [6.45, 7) is 2.77. The standard InChI is InChI=1S/C7H16O2S/c1-3-7(8)6-10-5-4-9-2/h7-8H,3-6H2,1-2H3/t7-/m1/s1. The van der Waals surface area contributed by atoms with Crippen LogP contribution in [0.5, 0.6) is 0 Å².